The second kappa shape index (κ2) is 8.49. The van der Waals surface area contributed by atoms with E-state index in [2.05, 4.69) is 22.0 Å². The molecule has 1 aliphatic rings. The number of rotatable bonds is 7. The van der Waals surface area contributed by atoms with Crippen molar-refractivity contribution < 1.29 is 4.79 Å². The summed E-state index contributed by atoms with van der Waals surface area (Å²) in [6.45, 7) is 13.6. The van der Waals surface area contributed by atoms with Gasteiger partial charge in [-0.3, -0.25) is 4.79 Å². The first kappa shape index (κ1) is 18.7. The number of nitrogens with one attached hydrogen (secondary N) is 1. The molecule has 0 atom stereocenters. The fourth-order valence-corrected chi connectivity index (χ4v) is 3.09. The quantitative estimate of drug-likeness (QED) is 0.589. The third-order valence-corrected chi connectivity index (χ3v) is 5.05. The van der Waals surface area contributed by atoms with Crippen molar-refractivity contribution >= 4 is 11.6 Å². The zero-order valence-electron chi connectivity index (χ0n) is 15.3. The lowest BCUT2D eigenvalue weighted by Crippen LogP contribution is -2.47. The highest BCUT2D eigenvalue weighted by Crippen LogP contribution is 2.24. The smallest absolute Gasteiger partial charge is 0.230 e. The second-order valence-corrected chi connectivity index (χ2v) is 7.13. The SMILES string of the molecule is CCN1CCN(CCCNC(=O)C(C)(C)c2ccc(N)cc2)CC1. The molecule has 134 valence electrons. The van der Waals surface area contributed by atoms with Gasteiger partial charge in [0.05, 0.1) is 5.41 Å². The molecule has 24 heavy (non-hydrogen) atoms. The summed E-state index contributed by atoms with van der Waals surface area (Å²) < 4.78 is 0. The number of carbonyl (C=O) groups excluding carboxylic acids is 1. The highest BCUT2D eigenvalue weighted by atomic mass is 16.2. The summed E-state index contributed by atoms with van der Waals surface area (Å²) in [5, 5.41) is 3.09. The van der Waals surface area contributed by atoms with Gasteiger partial charge in [-0.25, -0.2) is 0 Å². The average molecular weight is 332 g/mol. The van der Waals surface area contributed by atoms with Gasteiger partial charge >= 0.3 is 0 Å². The molecule has 0 unspecified atom stereocenters. The van der Waals surface area contributed by atoms with E-state index in [4.69, 9.17) is 5.73 Å². The number of benzene rings is 1. The van der Waals surface area contributed by atoms with Gasteiger partial charge in [-0.15, -0.1) is 0 Å². The topological polar surface area (TPSA) is 61.6 Å². The van der Waals surface area contributed by atoms with E-state index in [1.54, 1.807) is 0 Å². The first-order chi connectivity index (χ1) is 11.4. The summed E-state index contributed by atoms with van der Waals surface area (Å²) in [7, 11) is 0. The van der Waals surface area contributed by atoms with E-state index in [1.165, 1.54) is 0 Å². The Bertz CT molecular complexity index is 519. The average Bonchev–Trinajstić information content (AvgIpc) is 2.59. The van der Waals surface area contributed by atoms with Crippen LogP contribution in [-0.4, -0.2) is 61.5 Å². The van der Waals surface area contributed by atoms with Gasteiger partial charge < -0.3 is 20.9 Å². The lowest BCUT2D eigenvalue weighted by atomic mass is 9.83. The van der Waals surface area contributed by atoms with Gasteiger partial charge in [0.2, 0.25) is 5.91 Å². The Morgan fingerprint density at radius 3 is 2.29 bits per heavy atom. The molecule has 0 radical (unpaired) electrons. The van der Waals surface area contributed by atoms with Crippen molar-refractivity contribution in [2.24, 2.45) is 0 Å². The van der Waals surface area contributed by atoms with Gasteiger partial charge in [0.25, 0.3) is 0 Å². The van der Waals surface area contributed by atoms with Crippen LogP contribution in [0.5, 0.6) is 0 Å². The summed E-state index contributed by atoms with van der Waals surface area (Å²) in [5.41, 5.74) is 6.89. The molecular formula is C19H32N4O. The van der Waals surface area contributed by atoms with Crippen LogP contribution in [0.15, 0.2) is 24.3 Å². The highest BCUT2D eigenvalue weighted by molar-refractivity contribution is 5.87. The number of nitrogens with two attached hydrogens (primary N) is 1. The Balaban J connectivity index is 1.72. The molecule has 0 aromatic heterocycles. The predicted molar refractivity (Wildman–Crippen MR) is 100 cm³/mol. The van der Waals surface area contributed by atoms with Gasteiger partial charge in [0.1, 0.15) is 0 Å². The molecule has 0 spiro atoms. The molecule has 1 aromatic rings. The Labute approximate surface area is 146 Å². The molecule has 0 bridgehead atoms. The van der Waals surface area contributed by atoms with E-state index in [-0.39, 0.29) is 5.91 Å². The third-order valence-electron chi connectivity index (χ3n) is 5.05. The number of nitrogens with zero attached hydrogens (tertiary/aromatic N) is 2. The minimum atomic E-state index is -0.541. The van der Waals surface area contributed by atoms with Gasteiger partial charge in [-0.05, 0) is 51.1 Å². The summed E-state index contributed by atoms with van der Waals surface area (Å²) in [6.07, 6.45) is 0.996. The van der Waals surface area contributed by atoms with Crippen LogP contribution in [-0.2, 0) is 10.2 Å². The van der Waals surface area contributed by atoms with Crippen molar-refractivity contribution in [3.8, 4) is 0 Å². The molecule has 1 saturated heterocycles. The molecule has 5 nitrogen and oxygen atoms in total. The zero-order valence-corrected chi connectivity index (χ0v) is 15.3. The van der Waals surface area contributed by atoms with Crippen LogP contribution in [0.1, 0.15) is 32.8 Å². The Morgan fingerprint density at radius 2 is 1.71 bits per heavy atom. The molecule has 0 saturated carbocycles. The monoisotopic (exact) mass is 332 g/mol. The van der Waals surface area contributed by atoms with E-state index < -0.39 is 5.41 Å². The minimum absolute atomic E-state index is 0.0723. The van der Waals surface area contributed by atoms with Crippen LogP contribution in [0.2, 0.25) is 0 Å². The lowest BCUT2D eigenvalue weighted by molar-refractivity contribution is -0.125. The molecule has 3 N–H and O–H groups in total. The van der Waals surface area contributed by atoms with E-state index in [0.717, 1.165) is 63.5 Å². The van der Waals surface area contributed by atoms with Crippen LogP contribution < -0.4 is 11.1 Å². The zero-order chi connectivity index (χ0) is 17.6. The van der Waals surface area contributed by atoms with Crippen LogP contribution in [0.4, 0.5) is 5.69 Å². The van der Waals surface area contributed by atoms with Crippen LogP contribution in [0, 0.1) is 0 Å². The summed E-state index contributed by atoms with van der Waals surface area (Å²) >= 11 is 0. The van der Waals surface area contributed by atoms with E-state index in [9.17, 15) is 4.79 Å². The number of nitrogen functional groups attached to an aromatic ring is 1. The van der Waals surface area contributed by atoms with Gasteiger partial charge in [-0.2, -0.15) is 0 Å². The van der Waals surface area contributed by atoms with Crippen molar-refractivity contribution in [3.05, 3.63) is 29.8 Å². The molecule has 1 amide bonds. The van der Waals surface area contributed by atoms with Gasteiger partial charge in [0.15, 0.2) is 0 Å². The van der Waals surface area contributed by atoms with Crippen LogP contribution in [0.3, 0.4) is 0 Å². The molecular weight excluding hydrogens is 300 g/mol. The van der Waals surface area contributed by atoms with Gasteiger partial charge in [0, 0.05) is 38.4 Å². The fraction of sp³-hybridized carbons (Fsp3) is 0.632. The molecule has 0 aliphatic carbocycles. The van der Waals surface area contributed by atoms with Crippen molar-refractivity contribution in [2.75, 3.05) is 51.5 Å². The summed E-state index contributed by atoms with van der Waals surface area (Å²) in [4.78, 5) is 17.5. The number of amides is 1. The van der Waals surface area contributed by atoms with Gasteiger partial charge in [-0.1, -0.05) is 19.1 Å². The predicted octanol–water partition coefficient (Wildman–Crippen LogP) is 1.69. The molecule has 1 aliphatic heterocycles. The molecule has 2 rings (SSSR count). The highest BCUT2D eigenvalue weighted by Gasteiger charge is 2.29. The van der Waals surface area contributed by atoms with E-state index in [0.29, 0.717) is 0 Å². The van der Waals surface area contributed by atoms with Crippen molar-refractivity contribution in [1.82, 2.24) is 15.1 Å². The molecule has 1 aromatic carbocycles. The fourth-order valence-electron chi connectivity index (χ4n) is 3.09. The van der Waals surface area contributed by atoms with E-state index in [1.807, 2.05) is 38.1 Å². The largest absolute Gasteiger partial charge is 0.399 e. The van der Waals surface area contributed by atoms with Crippen molar-refractivity contribution in [1.29, 1.82) is 0 Å². The third kappa shape index (κ3) is 4.95. The first-order valence-electron chi connectivity index (χ1n) is 9.02. The summed E-state index contributed by atoms with van der Waals surface area (Å²) in [5.74, 6) is 0.0723. The maximum atomic E-state index is 12.5. The second-order valence-electron chi connectivity index (χ2n) is 7.13. The standard InChI is InChI=1S/C19H32N4O/c1-4-22-12-14-23(15-13-22)11-5-10-21-18(24)19(2,3)16-6-8-17(20)9-7-16/h6-9H,4-5,10-15,20H2,1-3H3,(H,21,24). The minimum Gasteiger partial charge on any atom is -0.399 e. The number of hydrogen-bond acceptors (Lipinski definition) is 4. The Hall–Kier alpha value is -1.59. The number of hydrogen-bond donors (Lipinski definition) is 2. The first-order valence-corrected chi connectivity index (χ1v) is 9.02. The molecule has 1 fully saturated rings. The van der Waals surface area contributed by atoms with E-state index >= 15 is 0 Å². The maximum Gasteiger partial charge on any atom is 0.230 e. The summed E-state index contributed by atoms with van der Waals surface area (Å²) in [6, 6.07) is 7.56. The molecule has 1 heterocycles. The Kier molecular flexibility index (Phi) is 6.63. The number of piperazine rings is 1. The number of anilines is 1. The maximum absolute atomic E-state index is 12.5. The van der Waals surface area contributed by atoms with Crippen LogP contribution >= 0.6 is 0 Å². The normalized spacial score (nSPS) is 17.0. The van der Waals surface area contributed by atoms with Crippen molar-refractivity contribution in [2.45, 2.75) is 32.6 Å². The lowest BCUT2D eigenvalue weighted by Gasteiger charge is -2.34. The Morgan fingerprint density at radius 1 is 1.12 bits per heavy atom. The van der Waals surface area contributed by atoms with Crippen molar-refractivity contribution in [3.63, 3.8) is 0 Å². The molecule has 5 heteroatoms. The number of carbonyl (C=O) groups is 1. The number of likely N-dealkylation sites (N-methyl/N-ethyl adjacent to an activating group) is 1. The van der Waals surface area contributed by atoms with Crippen LogP contribution in [0.25, 0.3) is 0 Å².